The van der Waals surface area contributed by atoms with Crippen LogP contribution in [0.5, 0.6) is 0 Å². The molecule has 3 rings (SSSR count). The third-order valence-electron chi connectivity index (χ3n) is 4.26. The molecule has 1 aromatic heterocycles. The minimum atomic E-state index is -0.334. The highest BCUT2D eigenvalue weighted by atomic mass is 16.1. The molecule has 0 unspecified atom stereocenters. The zero-order valence-electron chi connectivity index (χ0n) is 13.1. The molecule has 1 aliphatic heterocycles. The average molecular weight is 314 g/mol. The smallest absolute Gasteiger partial charge is 0.251 e. The van der Waals surface area contributed by atoms with E-state index >= 15 is 0 Å². The van der Waals surface area contributed by atoms with Crippen LogP contribution in [0.2, 0.25) is 0 Å². The minimum absolute atomic E-state index is 0.0445. The van der Waals surface area contributed by atoms with E-state index < -0.39 is 0 Å². The lowest BCUT2D eigenvalue weighted by atomic mass is 10.1. The molecule has 0 radical (unpaired) electrons. The van der Waals surface area contributed by atoms with E-state index in [-0.39, 0.29) is 11.5 Å². The SMILES string of the molecule is NC(=O)CCCn1c(=O)ccc2cc(N3CCNCC3)ccc21. The molecule has 0 bridgehead atoms. The number of primary amides is 1. The molecule has 0 saturated carbocycles. The summed E-state index contributed by atoms with van der Waals surface area (Å²) in [5.41, 5.74) is 7.21. The molecule has 0 aliphatic carbocycles. The Morgan fingerprint density at radius 3 is 2.70 bits per heavy atom. The van der Waals surface area contributed by atoms with Crippen molar-refractivity contribution in [3.8, 4) is 0 Å². The Bertz CT molecular complexity index is 763. The second kappa shape index (κ2) is 6.83. The van der Waals surface area contributed by atoms with Gasteiger partial charge in [0, 0.05) is 56.3 Å². The normalized spacial score (nSPS) is 15.0. The maximum absolute atomic E-state index is 12.1. The van der Waals surface area contributed by atoms with E-state index in [9.17, 15) is 9.59 Å². The molecule has 122 valence electrons. The van der Waals surface area contributed by atoms with Gasteiger partial charge in [0.15, 0.2) is 0 Å². The quantitative estimate of drug-likeness (QED) is 0.850. The Labute approximate surface area is 134 Å². The van der Waals surface area contributed by atoms with Crippen LogP contribution >= 0.6 is 0 Å². The van der Waals surface area contributed by atoms with Gasteiger partial charge in [-0.3, -0.25) is 9.59 Å². The Morgan fingerprint density at radius 1 is 1.17 bits per heavy atom. The molecule has 1 aliphatic rings. The molecule has 1 fully saturated rings. The Hall–Kier alpha value is -2.34. The third kappa shape index (κ3) is 3.53. The van der Waals surface area contributed by atoms with Crippen molar-refractivity contribution in [3.63, 3.8) is 0 Å². The van der Waals surface area contributed by atoms with Crippen LogP contribution in [0.25, 0.3) is 10.9 Å². The summed E-state index contributed by atoms with van der Waals surface area (Å²) in [5.74, 6) is -0.334. The summed E-state index contributed by atoms with van der Waals surface area (Å²) in [4.78, 5) is 25.4. The number of nitrogens with zero attached hydrogens (tertiary/aromatic N) is 2. The molecule has 0 atom stereocenters. The highest BCUT2D eigenvalue weighted by molar-refractivity contribution is 5.83. The van der Waals surface area contributed by atoms with Gasteiger partial charge in [0.1, 0.15) is 0 Å². The summed E-state index contributed by atoms with van der Waals surface area (Å²) < 4.78 is 1.72. The van der Waals surface area contributed by atoms with Crippen molar-refractivity contribution in [2.75, 3.05) is 31.1 Å². The van der Waals surface area contributed by atoms with Gasteiger partial charge in [-0.05, 0) is 30.7 Å². The maximum atomic E-state index is 12.1. The molecule has 6 nitrogen and oxygen atoms in total. The summed E-state index contributed by atoms with van der Waals surface area (Å²) >= 11 is 0. The van der Waals surface area contributed by atoms with Gasteiger partial charge in [-0.15, -0.1) is 0 Å². The van der Waals surface area contributed by atoms with Crippen molar-refractivity contribution < 1.29 is 4.79 Å². The zero-order valence-corrected chi connectivity index (χ0v) is 13.1. The predicted octanol–water partition coefficient (Wildman–Crippen LogP) is 0.677. The van der Waals surface area contributed by atoms with E-state index in [0.29, 0.717) is 19.4 Å². The molecule has 2 aromatic rings. The molecule has 6 heteroatoms. The van der Waals surface area contributed by atoms with E-state index in [2.05, 4.69) is 22.3 Å². The molecule has 0 spiro atoms. The number of benzene rings is 1. The van der Waals surface area contributed by atoms with Crippen molar-refractivity contribution in [1.82, 2.24) is 9.88 Å². The Balaban J connectivity index is 1.89. The lowest BCUT2D eigenvalue weighted by Gasteiger charge is -2.29. The first kappa shape index (κ1) is 15.6. The fourth-order valence-electron chi connectivity index (χ4n) is 3.05. The number of carbonyl (C=O) groups is 1. The highest BCUT2D eigenvalue weighted by Crippen LogP contribution is 2.22. The lowest BCUT2D eigenvalue weighted by molar-refractivity contribution is -0.118. The number of pyridine rings is 1. The maximum Gasteiger partial charge on any atom is 0.251 e. The van der Waals surface area contributed by atoms with Gasteiger partial charge >= 0.3 is 0 Å². The summed E-state index contributed by atoms with van der Waals surface area (Å²) in [6, 6.07) is 9.66. The van der Waals surface area contributed by atoms with Gasteiger partial charge in [0.2, 0.25) is 5.91 Å². The monoisotopic (exact) mass is 314 g/mol. The second-order valence-electron chi connectivity index (χ2n) is 5.87. The number of piperazine rings is 1. The predicted molar refractivity (Wildman–Crippen MR) is 91.7 cm³/mol. The molecule has 23 heavy (non-hydrogen) atoms. The first-order chi connectivity index (χ1) is 11.1. The van der Waals surface area contributed by atoms with Gasteiger partial charge in [-0.25, -0.2) is 0 Å². The number of aryl methyl sites for hydroxylation is 1. The molecule has 1 aromatic carbocycles. The second-order valence-corrected chi connectivity index (χ2v) is 5.87. The highest BCUT2D eigenvalue weighted by Gasteiger charge is 2.12. The van der Waals surface area contributed by atoms with Crippen LogP contribution in [-0.4, -0.2) is 36.7 Å². The topological polar surface area (TPSA) is 80.4 Å². The lowest BCUT2D eigenvalue weighted by Crippen LogP contribution is -2.43. The van der Waals surface area contributed by atoms with Crippen LogP contribution in [0, 0.1) is 0 Å². The number of rotatable bonds is 5. The van der Waals surface area contributed by atoms with Gasteiger partial charge in [0.25, 0.3) is 5.56 Å². The number of hydrogen-bond acceptors (Lipinski definition) is 4. The molecule has 2 heterocycles. The van der Waals surface area contributed by atoms with Gasteiger partial charge < -0.3 is 20.5 Å². The first-order valence-electron chi connectivity index (χ1n) is 8.03. The van der Waals surface area contributed by atoms with E-state index in [1.807, 2.05) is 12.1 Å². The molecule has 1 amide bonds. The molecule has 1 saturated heterocycles. The van der Waals surface area contributed by atoms with Crippen LogP contribution in [0.15, 0.2) is 35.1 Å². The van der Waals surface area contributed by atoms with Crippen molar-refractivity contribution >= 4 is 22.5 Å². The van der Waals surface area contributed by atoms with E-state index in [4.69, 9.17) is 5.73 Å². The van der Waals surface area contributed by atoms with Crippen LogP contribution in [0.1, 0.15) is 12.8 Å². The van der Waals surface area contributed by atoms with E-state index in [0.717, 1.165) is 37.1 Å². The van der Waals surface area contributed by atoms with Crippen molar-refractivity contribution in [1.29, 1.82) is 0 Å². The molecular formula is C17H22N4O2. The number of nitrogens with two attached hydrogens (primary N) is 1. The number of anilines is 1. The minimum Gasteiger partial charge on any atom is -0.370 e. The summed E-state index contributed by atoms with van der Waals surface area (Å²) in [7, 11) is 0. The van der Waals surface area contributed by atoms with E-state index in [1.165, 1.54) is 5.69 Å². The van der Waals surface area contributed by atoms with Crippen LogP contribution in [0.4, 0.5) is 5.69 Å². The van der Waals surface area contributed by atoms with Crippen LogP contribution in [0.3, 0.4) is 0 Å². The fourth-order valence-corrected chi connectivity index (χ4v) is 3.05. The number of hydrogen-bond donors (Lipinski definition) is 2. The molecular weight excluding hydrogens is 292 g/mol. The third-order valence-corrected chi connectivity index (χ3v) is 4.26. The Morgan fingerprint density at radius 2 is 1.96 bits per heavy atom. The van der Waals surface area contributed by atoms with Gasteiger partial charge in [0.05, 0.1) is 5.52 Å². The standard InChI is InChI=1S/C17H22N4O2/c18-16(22)2-1-9-21-15-5-4-14(20-10-7-19-8-11-20)12-13(15)3-6-17(21)23/h3-6,12,19H,1-2,7-11H2,(H2,18,22). The van der Waals surface area contributed by atoms with Crippen molar-refractivity contribution in [2.24, 2.45) is 5.73 Å². The molecule has 3 N–H and O–H groups in total. The average Bonchev–Trinajstić information content (AvgIpc) is 2.57. The number of aromatic nitrogens is 1. The summed E-state index contributed by atoms with van der Waals surface area (Å²) in [6.45, 7) is 4.47. The zero-order chi connectivity index (χ0) is 16.2. The van der Waals surface area contributed by atoms with Gasteiger partial charge in [-0.1, -0.05) is 0 Å². The van der Waals surface area contributed by atoms with Gasteiger partial charge in [-0.2, -0.15) is 0 Å². The van der Waals surface area contributed by atoms with Crippen LogP contribution in [-0.2, 0) is 11.3 Å². The van der Waals surface area contributed by atoms with E-state index in [1.54, 1.807) is 10.6 Å². The first-order valence-corrected chi connectivity index (χ1v) is 8.03. The number of carbonyl (C=O) groups excluding carboxylic acids is 1. The number of nitrogens with one attached hydrogen (secondary N) is 1. The van der Waals surface area contributed by atoms with Crippen molar-refractivity contribution in [2.45, 2.75) is 19.4 Å². The Kier molecular flexibility index (Phi) is 4.62. The summed E-state index contributed by atoms with van der Waals surface area (Å²) in [5, 5.41) is 4.39. The fraction of sp³-hybridized carbons (Fsp3) is 0.412. The van der Waals surface area contributed by atoms with Crippen molar-refractivity contribution in [3.05, 3.63) is 40.7 Å². The number of fused-ring (bicyclic) bond motifs is 1. The summed E-state index contributed by atoms with van der Waals surface area (Å²) in [6.07, 6.45) is 0.871. The van der Waals surface area contributed by atoms with Crippen LogP contribution < -0.4 is 21.5 Å². The number of amides is 1. The largest absolute Gasteiger partial charge is 0.370 e.